The number of nitrogens with one attached hydrogen (secondary N) is 1. The quantitative estimate of drug-likeness (QED) is 0.564. The van der Waals surface area contributed by atoms with E-state index in [1.54, 1.807) is 23.0 Å². The number of primary amides is 1. The molecule has 2 saturated heterocycles. The molecule has 0 radical (unpaired) electrons. The Morgan fingerprint density at radius 3 is 2.66 bits per heavy atom. The number of halogens is 1. The number of hydrogen-bond donors (Lipinski definition) is 4. The Bertz CT molecular complexity index is 870. The van der Waals surface area contributed by atoms with Crippen molar-refractivity contribution in [2.75, 3.05) is 24.6 Å². The zero-order valence-corrected chi connectivity index (χ0v) is 17.6. The van der Waals surface area contributed by atoms with Gasteiger partial charge < -0.3 is 15.8 Å². The summed E-state index contributed by atoms with van der Waals surface area (Å²) in [6.07, 6.45) is 6.16. The predicted molar refractivity (Wildman–Crippen MR) is 116 cm³/mol. The summed E-state index contributed by atoms with van der Waals surface area (Å²) in [6, 6.07) is 5.41. The van der Waals surface area contributed by atoms with Gasteiger partial charge in [0.25, 0.3) is 5.91 Å². The zero-order valence-electron chi connectivity index (χ0n) is 16.0. The van der Waals surface area contributed by atoms with Gasteiger partial charge in [-0.25, -0.2) is 0 Å². The summed E-state index contributed by atoms with van der Waals surface area (Å²) in [7, 11) is -2.48. The van der Waals surface area contributed by atoms with Gasteiger partial charge in [-0.1, -0.05) is 6.07 Å². The molecule has 0 spiro atoms. The first-order valence-electron chi connectivity index (χ1n) is 9.51. The first-order valence-corrected chi connectivity index (χ1v) is 11.4. The van der Waals surface area contributed by atoms with Crippen LogP contribution in [0, 0.1) is 0 Å². The van der Waals surface area contributed by atoms with Gasteiger partial charge in [0.1, 0.15) is 11.9 Å². The Balaban J connectivity index is 0.00000240. The van der Waals surface area contributed by atoms with Crippen molar-refractivity contribution in [2.45, 2.75) is 31.4 Å². The van der Waals surface area contributed by atoms with Crippen LogP contribution in [0.3, 0.4) is 0 Å². The summed E-state index contributed by atoms with van der Waals surface area (Å²) in [5.74, 6) is 0.744. The minimum absolute atomic E-state index is 0. The lowest BCUT2D eigenvalue weighted by Crippen LogP contribution is -2.34. The molecule has 2 fully saturated rings. The van der Waals surface area contributed by atoms with Crippen molar-refractivity contribution >= 4 is 28.9 Å². The molecule has 29 heavy (non-hydrogen) atoms. The topological polar surface area (TPSA) is 123 Å². The molecule has 1 atom stereocenters. The molecule has 2 aromatic rings. The van der Waals surface area contributed by atoms with E-state index in [0.29, 0.717) is 29.2 Å². The number of ether oxygens (including phenoxy) is 1. The average Bonchev–Trinajstić information content (AvgIpc) is 3.29. The largest absolute Gasteiger partial charge is 0.489 e. The highest BCUT2D eigenvalue weighted by atomic mass is 35.5. The summed E-state index contributed by atoms with van der Waals surface area (Å²) >= 11 is 0. The normalized spacial score (nSPS) is 22.6. The van der Waals surface area contributed by atoms with E-state index in [4.69, 9.17) is 10.5 Å². The Kier molecular flexibility index (Phi) is 6.75. The fourth-order valence-corrected chi connectivity index (χ4v) is 5.54. The molecule has 0 saturated carbocycles. The second-order valence-electron chi connectivity index (χ2n) is 7.47. The van der Waals surface area contributed by atoms with Crippen LogP contribution in [0.4, 0.5) is 0 Å². The number of nitrogens with two attached hydrogens (primary N) is 1. The maximum atomic E-state index is 12.0. The number of carbonyl (C=O) groups is 1. The van der Waals surface area contributed by atoms with Crippen molar-refractivity contribution in [1.82, 2.24) is 15.1 Å². The third-order valence-electron chi connectivity index (χ3n) is 5.37. The van der Waals surface area contributed by atoms with E-state index < -0.39 is 16.5 Å². The molecular formula is C19H27ClN4O4S. The van der Waals surface area contributed by atoms with Crippen molar-refractivity contribution in [3.8, 4) is 16.9 Å². The van der Waals surface area contributed by atoms with E-state index in [1.807, 2.05) is 12.3 Å². The van der Waals surface area contributed by atoms with Crippen molar-refractivity contribution in [3.05, 3.63) is 36.2 Å². The molecule has 8 nitrogen and oxygen atoms in total. The number of carbonyl (C=O) groups excluding carboxylic acids is 1. The second-order valence-corrected chi connectivity index (χ2v) is 9.81. The van der Waals surface area contributed by atoms with Gasteiger partial charge in [0.15, 0.2) is 0 Å². The lowest BCUT2D eigenvalue weighted by molar-refractivity contribution is 0.0989. The van der Waals surface area contributed by atoms with Crippen LogP contribution in [0.25, 0.3) is 11.1 Å². The Labute approximate surface area is 177 Å². The van der Waals surface area contributed by atoms with E-state index in [9.17, 15) is 13.9 Å². The van der Waals surface area contributed by atoms with Crippen LogP contribution < -0.4 is 15.8 Å². The van der Waals surface area contributed by atoms with E-state index in [1.165, 1.54) is 0 Å². The number of benzene rings is 1. The lowest BCUT2D eigenvalue weighted by Gasteiger charge is -2.25. The van der Waals surface area contributed by atoms with Crippen LogP contribution in [-0.4, -0.2) is 55.5 Å². The third-order valence-corrected chi connectivity index (χ3v) is 7.18. The number of amides is 1. The fraction of sp³-hybridized carbons (Fsp3) is 0.474. The van der Waals surface area contributed by atoms with Crippen LogP contribution in [0.5, 0.6) is 5.75 Å². The predicted octanol–water partition coefficient (Wildman–Crippen LogP) is 2.90. The number of rotatable bonds is 5. The van der Waals surface area contributed by atoms with Crippen LogP contribution in [0.1, 0.15) is 35.7 Å². The average molecular weight is 443 g/mol. The molecule has 1 unspecified atom stereocenters. The van der Waals surface area contributed by atoms with Gasteiger partial charge in [-0.15, -0.1) is 12.4 Å². The highest BCUT2D eigenvalue weighted by Gasteiger charge is 2.30. The monoisotopic (exact) mass is 442 g/mol. The van der Waals surface area contributed by atoms with Gasteiger partial charge >= 0.3 is 0 Å². The van der Waals surface area contributed by atoms with Crippen molar-refractivity contribution in [2.24, 2.45) is 5.73 Å². The maximum absolute atomic E-state index is 12.0. The minimum Gasteiger partial charge on any atom is -0.489 e. The summed E-state index contributed by atoms with van der Waals surface area (Å²) in [5.41, 5.74) is 7.62. The first kappa shape index (κ1) is 21.9. The first-order chi connectivity index (χ1) is 13.4. The molecule has 10 heteroatoms. The van der Waals surface area contributed by atoms with Crippen molar-refractivity contribution < 1.29 is 18.6 Å². The smallest absolute Gasteiger partial charge is 0.252 e. The molecule has 4 rings (SSSR count). The Hall–Kier alpha value is -1.78. The van der Waals surface area contributed by atoms with Crippen LogP contribution in [-0.2, 0) is 0 Å². The van der Waals surface area contributed by atoms with Crippen LogP contribution in [0.15, 0.2) is 30.6 Å². The zero-order chi connectivity index (χ0) is 19.7. The van der Waals surface area contributed by atoms with Crippen molar-refractivity contribution in [3.63, 3.8) is 0 Å². The lowest BCUT2D eigenvalue weighted by atomic mass is 10.0. The number of aromatic nitrogens is 2. The molecule has 1 aromatic heterocycles. The van der Waals surface area contributed by atoms with Crippen molar-refractivity contribution in [1.29, 1.82) is 0 Å². The summed E-state index contributed by atoms with van der Waals surface area (Å²) < 4.78 is 27.5. The van der Waals surface area contributed by atoms with E-state index in [0.717, 1.165) is 37.1 Å². The van der Waals surface area contributed by atoms with Gasteiger partial charge in [0, 0.05) is 17.5 Å². The number of hydrogen-bond acceptors (Lipinski definition) is 6. The van der Waals surface area contributed by atoms with E-state index in [2.05, 4.69) is 10.4 Å². The molecule has 3 heterocycles. The van der Waals surface area contributed by atoms with Gasteiger partial charge in [0.05, 0.1) is 23.6 Å². The number of nitrogens with zero attached hydrogens (tertiary/aromatic N) is 2. The minimum atomic E-state index is -2.48. The number of piperidine rings is 1. The second kappa shape index (κ2) is 8.93. The van der Waals surface area contributed by atoms with E-state index >= 15 is 0 Å². The van der Waals surface area contributed by atoms with Crippen LogP contribution in [0.2, 0.25) is 0 Å². The SMILES string of the molecule is Cl.NC(=O)c1cc(-c2cnn(C3CCS(O)(O)C3)c2)ccc1OC1CCNCC1. The molecule has 5 N–H and O–H groups in total. The molecule has 0 aliphatic carbocycles. The molecule has 1 aromatic carbocycles. The van der Waals surface area contributed by atoms with Crippen LogP contribution >= 0.6 is 23.0 Å². The highest BCUT2D eigenvalue weighted by Crippen LogP contribution is 2.50. The molecule has 160 valence electrons. The molecular weight excluding hydrogens is 416 g/mol. The molecule has 2 aliphatic heterocycles. The third kappa shape index (κ3) is 5.04. The molecule has 2 aliphatic rings. The Morgan fingerprint density at radius 2 is 2.00 bits per heavy atom. The summed E-state index contributed by atoms with van der Waals surface area (Å²) in [4.78, 5) is 12.0. The standard InChI is InChI=1S/C19H26N4O4S.ClH/c20-19(24)17-9-13(1-2-18(17)27-16-3-6-21-7-4-16)14-10-22-23(11-14)15-5-8-28(25,26)12-15;/h1-2,9-11,15-16,21,25-26H,3-8,12H2,(H2,20,24);1H. The van der Waals surface area contributed by atoms with Gasteiger partial charge in [-0.2, -0.15) is 15.7 Å². The fourth-order valence-electron chi connectivity index (χ4n) is 3.79. The highest BCUT2D eigenvalue weighted by molar-refractivity contribution is 8.24. The summed E-state index contributed by atoms with van der Waals surface area (Å²) in [5, 5.41) is 7.67. The van der Waals surface area contributed by atoms with E-state index in [-0.39, 0.29) is 24.6 Å². The van der Waals surface area contributed by atoms with Gasteiger partial charge in [0.2, 0.25) is 0 Å². The summed E-state index contributed by atoms with van der Waals surface area (Å²) in [6.45, 7) is 1.80. The van der Waals surface area contributed by atoms with Gasteiger partial charge in [-0.05, 0) is 50.0 Å². The Morgan fingerprint density at radius 1 is 1.24 bits per heavy atom. The molecule has 0 bridgehead atoms. The maximum Gasteiger partial charge on any atom is 0.252 e. The van der Waals surface area contributed by atoms with Gasteiger partial charge in [-0.3, -0.25) is 18.6 Å². The molecule has 1 amide bonds.